The molecule has 0 spiro atoms. The van der Waals surface area contributed by atoms with Gasteiger partial charge in [0.25, 0.3) is 5.91 Å². The van der Waals surface area contributed by atoms with Crippen molar-refractivity contribution in [1.29, 1.82) is 0 Å². The number of aryl methyl sites for hydroxylation is 1. The molecule has 2 aromatic carbocycles. The van der Waals surface area contributed by atoms with Crippen molar-refractivity contribution >= 4 is 5.91 Å². The Bertz CT molecular complexity index is 722. The molecule has 1 saturated carbocycles. The number of carbonyl (C=O) groups excluding carboxylic acids is 1. The molecule has 1 fully saturated rings. The van der Waals surface area contributed by atoms with E-state index in [2.05, 4.69) is 36.5 Å². The second-order valence-corrected chi connectivity index (χ2v) is 6.80. The van der Waals surface area contributed by atoms with Gasteiger partial charge in [0.1, 0.15) is 5.75 Å². The maximum Gasteiger partial charge on any atom is 0.261 e. The SMILES string of the molecule is Cc1ccc(C(NC(=O)C(C)Oc2cccc(CO)c2)C2CC2)cc1. The molecule has 25 heavy (non-hydrogen) atoms. The van der Waals surface area contributed by atoms with Gasteiger partial charge in [0, 0.05) is 0 Å². The van der Waals surface area contributed by atoms with Gasteiger partial charge in [-0.25, -0.2) is 0 Å². The summed E-state index contributed by atoms with van der Waals surface area (Å²) in [7, 11) is 0. The number of ether oxygens (including phenoxy) is 1. The van der Waals surface area contributed by atoms with Gasteiger partial charge in [-0.2, -0.15) is 0 Å². The maximum absolute atomic E-state index is 12.6. The molecule has 4 heteroatoms. The molecule has 2 atom stereocenters. The summed E-state index contributed by atoms with van der Waals surface area (Å²) >= 11 is 0. The number of aliphatic hydroxyl groups excluding tert-OH is 1. The van der Waals surface area contributed by atoms with Gasteiger partial charge in [-0.05, 0) is 55.9 Å². The zero-order chi connectivity index (χ0) is 17.8. The zero-order valence-electron chi connectivity index (χ0n) is 14.7. The highest BCUT2D eigenvalue weighted by atomic mass is 16.5. The molecule has 2 unspecified atom stereocenters. The van der Waals surface area contributed by atoms with E-state index in [1.165, 1.54) is 5.56 Å². The van der Waals surface area contributed by atoms with Gasteiger partial charge in [-0.3, -0.25) is 4.79 Å². The van der Waals surface area contributed by atoms with E-state index in [0.29, 0.717) is 11.7 Å². The Morgan fingerprint density at radius 2 is 1.96 bits per heavy atom. The number of aliphatic hydroxyl groups is 1. The van der Waals surface area contributed by atoms with E-state index >= 15 is 0 Å². The van der Waals surface area contributed by atoms with Crippen molar-refractivity contribution in [2.75, 3.05) is 0 Å². The van der Waals surface area contributed by atoms with Gasteiger partial charge in [-0.15, -0.1) is 0 Å². The van der Waals surface area contributed by atoms with Crippen molar-refractivity contribution < 1.29 is 14.6 Å². The standard InChI is InChI=1S/C21H25NO3/c1-14-6-8-17(9-7-14)20(18-10-11-18)22-21(24)15(2)25-19-5-3-4-16(12-19)13-23/h3-9,12,15,18,20,23H,10-11,13H2,1-2H3,(H,22,24). The van der Waals surface area contributed by atoms with Crippen molar-refractivity contribution in [3.63, 3.8) is 0 Å². The Labute approximate surface area is 148 Å². The third-order valence-electron chi connectivity index (χ3n) is 4.59. The predicted octanol–water partition coefficient (Wildman–Crippen LogP) is 3.52. The van der Waals surface area contributed by atoms with Crippen LogP contribution in [0.4, 0.5) is 0 Å². The van der Waals surface area contributed by atoms with E-state index < -0.39 is 6.10 Å². The maximum atomic E-state index is 12.6. The number of nitrogens with one attached hydrogen (secondary N) is 1. The zero-order valence-corrected chi connectivity index (χ0v) is 14.7. The van der Waals surface area contributed by atoms with Gasteiger partial charge in [-0.1, -0.05) is 42.0 Å². The highest BCUT2D eigenvalue weighted by molar-refractivity contribution is 5.81. The summed E-state index contributed by atoms with van der Waals surface area (Å²) in [6, 6.07) is 15.6. The highest BCUT2D eigenvalue weighted by Crippen LogP contribution is 2.41. The summed E-state index contributed by atoms with van der Waals surface area (Å²) in [4.78, 5) is 12.6. The average molecular weight is 339 g/mol. The van der Waals surface area contributed by atoms with Crippen LogP contribution in [0.2, 0.25) is 0 Å². The summed E-state index contributed by atoms with van der Waals surface area (Å²) in [6.07, 6.45) is 1.69. The lowest BCUT2D eigenvalue weighted by molar-refractivity contribution is -0.128. The van der Waals surface area contributed by atoms with Gasteiger partial charge >= 0.3 is 0 Å². The first-order valence-electron chi connectivity index (χ1n) is 8.80. The summed E-state index contributed by atoms with van der Waals surface area (Å²) in [5, 5.41) is 12.4. The number of rotatable bonds is 7. The van der Waals surface area contributed by atoms with Crippen LogP contribution in [0.1, 0.15) is 42.5 Å². The van der Waals surface area contributed by atoms with Gasteiger partial charge < -0.3 is 15.2 Å². The Morgan fingerprint density at radius 3 is 2.60 bits per heavy atom. The third-order valence-corrected chi connectivity index (χ3v) is 4.59. The lowest BCUT2D eigenvalue weighted by Crippen LogP contribution is -2.39. The molecule has 0 aliphatic heterocycles. The van der Waals surface area contributed by atoms with Crippen molar-refractivity contribution in [2.24, 2.45) is 5.92 Å². The molecule has 1 amide bonds. The molecular formula is C21H25NO3. The van der Waals surface area contributed by atoms with E-state index in [9.17, 15) is 9.90 Å². The molecule has 0 radical (unpaired) electrons. The first-order chi connectivity index (χ1) is 12.1. The molecule has 1 aliphatic rings. The third kappa shape index (κ3) is 4.60. The number of benzene rings is 2. The first-order valence-corrected chi connectivity index (χ1v) is 8.80. The number of amides is 1. The summed E-state index contributed by atoms with van der Waals surface area (Å²) in [6.45, 7) is 3.76. The molecule has 132 valence electrons. The quantitative estimate of drug-likeness (QED) is 0.811. The van der Waals surface area contributed by atoms with Crippen molar-refractivity contribution in [2.45, 2.75) is 45.4 Å². The molecule has 0 bridgehead atoms. The molecule has 2 aromatic rings. The van der Waals surface area contributed by atoms with Crippen LogP contribution in [0.25, 0.3) is 0 Å². The van der Waals surface area contributed by atoms with Gasteiger partial charge in [0.2, 0.25) is 0 Å². The van der Waals surface area contributed by atoms with E-state index in [4.69, 9.17) is 4.74 Å². The molecule has 4 nitrogen and oxygen atoms in total. The molecule has 0 aromatic heterocycles. The lowest BCUT2D eigenvalue weighted by atomic mass is 10.0. The Morgan fingerprint density at radius 1 is 1.24 bits per heavy atom. The van der Waals surface area contributed by atoms with Crippen LogP contribution in [0.15, 0.2) is 48.5 Å². The van der Waals surface area contributed by atoms with E-state index in [1.54, 1.807) is 19.1 Å². The lowest BCUT2D eigenvalue weighted by Gasteiger charge is -2.22. The van der Waals surface area contributed by atoms with Crippen molar-refractivity contribution in [1.82, 2.24) is 5.32 Å². The first kappa shape index (κ1) is 17.5. The van der Waals surface area contributed by atoms with Crippen LogP contribution < -0.4 is 10.1 Å². The molecule has 2 N–H and O–H groups in total. The van der Waals surface area contributed by atoms with Crippen molar-refractivity contribution in [3.05, 3.63) is 65.2 Å². The molecule has 1 aliphatic carbocycles. The smallest absolute Gasteiger partial charge is 0.261 e. The number of hydrogen-bond acceptors (Lipinski definition) is 3. The Hall–Kier alpha value is -2.33. The fourth-order valence-corrected chi connectivity index (χ4v) is 2.92. The van der Waals surface area contributed by atoms with E-state index in [1.807, 2.05) is 12.1 Å². The monoisotopic (exact) mass is 339 g/mol. The molecule has 3 rings (SSSR count). The summed E-state index contributed by atoms with van der Waals surface area (Å²) < 4.78 is 5.75. The number of hydrogen-bond donors (Lipinski definition) is 2. The minimum Gasteiger partial charge on any atom is -0.481 e. The Balaban J connectivity index is 1.65. The minimum absolute atomic E-state index is 0.0444. The van der Waals surface area contributed by atoms with Gasteiger partial charge in [0.05, 0.1) is 12.6 Å². The molecule has 0 heterocycles. The second kappa shape index (κ2) is 7.70. The number of carbonyl (C=O) groups is 1. The fraction of sp³-hybridized carbons (Fsp3) is 0.381. The van der Waals surface area contributed by atoms with Gasteiger partial charge in [0.15, 0.2) is 6.10 Å². The average Bonchev–Trinajstić information content (AvgIpc) is 3.45. The summed E-state index contributed by atoms with van der Waals surface area (Å²) in [5.41, 5.74) is 3.13. The van der Waals surface area contributed by atoms with Crippen molar-refractivity contribution in [3.8, 4) is 5.75 Å². The molecular weight excluding hydrogens is 314 g/mol. The van der Waals surface area contributed by atoms with Crippen LogP contribution in [0.3, 0.4) is 0 Å². The fourth-order valence-electron chi connectivity index (χ4n) is 2.92. The van der Waals surface area contributed by atoms with E-state index in [0.717, 1.165) is 24.0 Å². The van der Waals surface area contributed by atoms with Crippen LogP contribution in [0.5, 0.6) is 5.75 Å². The van der Waals surface area contributed by atoms with Crippen LogP contribution in [0, 0.1) is 12.8 Å². The molecule has 0 saturated heterocycles. The topological polar surface area (TPSA) is 58.6 Å². The van der Waals surface area contributed by atoms with Crippen LogP contribution >= 0.6 is 0 Å². The minimum atomic E-state index is -0.597. The second-order valence-electron chi connectivity index (χ2n) is 6.80. The largest absolute Gasteiger partial charge is 0.481 e. The summed E-state index contributed by atoms with van der Waals surface area (Å²) in [5.74, 6) is 0.982. The normalized spacial score (nSPS) is 16.1. The van der Waals surface area contributed by atoms with E-state index in [-0.39, 0.29) is 18.6 Å². The van der Waals surface area contributed by atoms with Crippen LogP contribution in [-0.2, 0) is 11.4 Å². The highest BCUT2D eigenvalue weighted by Gasteiger charge is 2.34. The Kier molecular flexibility index (Phi) is 5.39. The van der Waals surface area contributed by atoms with Crippen LogP contribution in [-0.4, -0.2) is 17.1 Å². The predicted molar refractivity (Wildman–Crippen MR) is 97.2 cm³/mol.